The van der Waals surface area contributed by atoms with Gasteiger partial charge in [-0.05, 0) is 17.7 Å². The molecule has 0 saturated carbocycles. The number of methoxy groups -OCH3 is 2. The molecule has 0 spiro atoms. The summed E-state index contributed by atoms with van der Waals surface area (Å²) in [6.45, 7) is 2.33. The van der Waals surface area contributed by atoms with Crippen LogP contribution in [0.4, 0.5) is 0 Å². The minimum atomic E-state index is -0.755. The molecule has 1 aliphatic heterocycles. The molecule has 1 fully saturated rings. The first-order valence-electron chi connectivity index (χ1n) is 10.5. The van der Waals surface area contributed by atoms with Crippen LogP contribution in [0, 0.1) is 10.8 Å². The second kappa shape index (κ2) is 11.2. The number of fused-ring (bicyclic) bond motifs is 1. The molecule has 2 aromatic rings. The van der Waals surface area contributed by atoms with Crippen molar-refractivity contribution in [3.05, 3.63) is 35.0 Å². The molecule has 12 nitrogen and oxygen atoms in total. The summed E-state index contributed by atoms with van der Waals surface area (Å²) >= 11 is 0. The van der Waals surface area contributed by atoms with E-state index in [1.54, 1.807) is 20.4 Å². The van der Waals surface area contributed by atoms with E-state index in [0.29, 0.717) is 6.61 Å². The van der Waals surface area contributed by atoms with E-state index in [-0.39, 0.29) is 37.6 Å². The van der Waals surface area contributed by atoms with E-state index in [1.165, 1.54) is 7.05 Å². The Morgan fingerprint density at radius 2 is 2.15 bits per heavy atom. The number of carbonyl (C=O) groups excluding carboxylic acids is 2. The summed E-state index contributed by atoms with van der Waals surface area (Å²) in [4.78, 5) is 38.7. The van der Waals surface area contributed by atoms with Crippen LogP contribution in [0.3, 0.4) is 0 Å². The number of nitroso groups, excluding NO2 is 1. The largest absolute Gasteiger partial charge is 0.442 e. The van der Waals surface area contributed by atoms with Crippen molar-refractivity contribution in [2.45, 2.75) is 38.3 Å². The normalized spacial score (nSPS) is 22.3. The number of nitrogens with zero attached hydrogens (tertiary/aromatic N) is 4. The third-order valence-corrected chi connectivity index (χ3v) is 5.53. The van der Waals surface area contributed by atoms with Crippen LogP contribution >= 0.6 is 0 Å². The van der Waals surface area contributed by atoms with Gasteiger partial charge in [0.1, 0.15) is 24.4 Å². The molecular weight excluding hydrogens is 434 g/mol. The van der Waals surface area contributed by atoms with Crippen molar-refractivity contribution >= 4 is 22.9 Å². The fourth-order valence-corrected chi connectivity index (χ4v) is 3.98. The fraction of sp³-hybridized carbons (Fsp3) is 0.571. The molecule has 3 heterocycles. The Kier molecular flexibility index (Phi) is 8.31. The van der Waals surface area contributed by atoms with Crippen molar-refractivity contribution in [3.8, 4) is 0 Å². The van der Waals surface area contributed by atoms with Gasteiger partial charge in [-0.15, -0.1) is 4.91 Å². The number of aromatic nitrogens is 2. The Balaban J connectivity index is 1.71. The number of pyridine rings is 1. The number of amides is 1. The van der Waals surface area contributed by atoms with Gasteiger partial charge in [0.05, 0.1) is 18.0 Å². The lowest BCUT2D eigenvalue weighted by Crippen LogP contribution is -2.31. The molecule has 0 aliphatic carbocycles. The second-order valence-corrected chi connectivity index (χ2v) is 7.85. The number of esters is 1. The number of rotatable bonds is 11. The van der Waals surface area contributed by atoms with Crippen LogP contribution in [0.1, 0.15) is 25.1 Å². The number of ether oxygens (including phenoxy) is 4. The van der Waals surface area contributed by atoms with Crippen LogP contribution in [0.15, 0.2) is 29.8 Å². The molecule has 0 aromatic carbocycles. The maximum absolute atomic E-state index is 12.2. The Hall–Kier alpha value is -3.09. The predicted molar refractivity (Wildman–Crippen MR) is 116 cm³/mol. The summed E-state index contributed by atoms with van der Waals surface area (Å²) in [6, 6.07) is 3.73. The molecule has 12 heteroatoms. The Labute approximate surface area is 191 Å². The van der Waals surface area contributed by atoms with Crippen molar-refractivity contribution in [1.82, 2.24) is 19.9 Å². The molecule has 33 heavy (non-hydrogen) atoms. The van der Waals surface area contributed by atoms with Gasteiger partial charge in [-0.3, -0.25) is 9.59 Å². The maximum atomic E-state index is 12.2. The van der Waals surface area contributed by atoms with Gasteiger partial charge in [0.25, 0.3) is 0 Å². The van der Waals surface area contributed by atoms with Crippen LogP contribution < -0.4 is 5.32 Å². The predicted octanol–water partition coefficient (Wildman–Crippen LogP) is 1.35. The highest BCUT2D eigenvalue weighted by Crippen LogP contribution is 2.38. The zero-order valence-electron chi connectivity index (χ0n) is 19.1. The summed E-state index contributed by atoms with van der Waals surface area (Å²) in [5, 5.41) is 7.06. The number of carbonyl (C=O) groups is 2. The standard InChI is InChI=1S/C21H29N5O7/c1-13-19(31-4)16(11-30-3)33-21(13)26-10-14(15-6-5-7-22-20(15)26)9-23-17(27)8-18(28)32-12-25(2)24-29/h5-7,10,13,16,19,21H,8-9,11-12H2,1-4H3,(H,23,27). The van der Waals surface area contributed by atoms with Crippen LogP contribution in [0.2, 0.25) is 0 Å². The van der Waals surface area contributed by atoms with E-state index in [9.17, 15) is 14.5 Å². The van der Waals surface area contributed by atoms with Gasteiger partial charge >= 0.3 is 5.97 Å². The van der Waals surface area contributed by atoms with Gasteiger partial charge in [-0.2, -0.15) is 0 Å². The van der Waals surface area contributed by atoms with Gasteiger partial charge in [0.15, 0.2) is 6.73 Å². The van der Waals surface area contributed by atoms with Gasteiger partial charge in [0, 0.05) is 51.5 Å². The van der Waals surface area contributed by atoms with Crippen LogP contribution in [0.5, 0.6) is 0 Å². The molecule has 4 atom stereocenters. The van der Waals surface area contributed by atoms with Crippen molar-refractivity contribution < 1.29 is 28.5 Å². The highest BCUT2D eigenvalue weighted by Gasteiger charge is 2.43. The van der Waals surface area contributed by atoms with Crippen molar-refractivity contribution in [3.63, 3.8) is 0 Å². The zero-order valence-corrected chi connectivity index (χ0v) is 19.1. The van der Waals surface area contributed by atoms with E-state index >= 15 is 0 Å². The summed E-state index contributed by atoms with van der Waals surface area (Å²) in [5.41, 5.74) is 1.54. The molecule has 0 bridgehead atoms. The maximum Gasteiger partial charge on any atom is 0.317 e. The highest BCUT2D eigenvalue weighted by molar-refractivity contribution is 5.94. The summed E-state index contributed by atoms with van der Waals surface area (Å²) in [6.07, 6.45) is 2.44. The number of nitrogens with one attached hydrogen (secondary N) is 1. The summed E-state index contributed by atoms with van der Waals surface area (Å²) < 4.78 is 23.9. The number of hydrogen-bond acceptors (Lipinski definition) is 9. The van der Waals surface area contributed by atoms with Gasteiger partial charge in [-0.25, -0.2) is 9.99 Å². The average Bonchev–Trinajstić information content (AvgIpc) is 3.33. The zero-order chi connectivity index (χ0) is 24.0. The van der Waals surface area contributed by atoms with Crippen molar-refractivity contribution in [2.24, 2.45) is 11.2 Å². The molecule has 0 radical (unpaired) electrons. The molecule has 180 valence electrons. The Morgan fingerprint density at radius 3 is 2.85 bits per heavy atom. The van der Waals surface area contributed by atoms with E-state index < -0.39 is 18.3 Å². The molecule has 1 saturated heterocycles. The van der Waals surface area contributed by atoms with Crippen LogP contribution in [-0.2, 0) is 35.1 Å². The van der Waals surface area contributed by atoms with Crippen LogP contribution in [-0.4, -0.2) is 73.2 Å². The molecule has 3 rings (SSSR count). The first-order chi connectivity index (χ1) is 15.9. The quantitative estimate of drug-likeness (QED) is 0.172. The van der Waals surface area contributed by atoms with Crippen molar-refractivity contribution in [2.75, 3.05) is 34.6 Å². The van der Waals surface area contributed by atoms with E-state index in [2.05, 4.69) is 15.6 Å². The van der Waals surface area contributed by atoms with Crippen molar-refractivity contribution in [1.29, 1.82) is 0 Å². The minimum absolute atomic E-state index is 0.0314. The molecular formula is C21H29N5O7. The van der Waals surface area contributed by atoms with Gasteiger partial charge < -0.3 is 28.8 Å². The van der Waals surface area contributed by atoms with Crippen LogP contribution in [0.25, 0.3) is 11.0 Å². The second-order valence-electron chi connectivity index (χ2n) is 7.85. The van der Waals surface area contributed by atoms with Gasteiger partial charge in [0.2, 0.25) is 5.91 Å². The topological polar surface area (TPSA) is 134 Å². The van der Waals surface area contributed by atoms with Gasteiger partial charge in [-0.1, -0.05) is 6.92 Å². The summed E-state index contributed by atoms with van der Waals surface area (Å²) in [5.74, 6) is -1.23. The third kappa shape index (κ3) is 5.64. The van der Waals surface area contributed by atoms with E-state index in [0.717, 1.165) is 21.6 Å². The lowest BCUT2D eigenvalue weighted by Gasteiger charge is -2.19. The first-order valence-corrected chi connectivity index (χ1v) is 10.5. The van der Waals surface area contributed by atoms with E-state index in [4.69, 9.17) is 18.9 Å². The molecule has 1 aliphatic rings. The summed E-state index contributed by atoms with van der Waals surface area (Å²) in [7, 11) is 4.63. The molecule has 1 N–H and O–H groups in total. The SMILES string of the molecule is COCC1OC(n2cc(CNC(=O)CC(=O)OCN(C)N=O)c3cccnc32)C(C)C1OC. The minimum Gasteiger partial charge on any atom is -0.442 e. The average molecular weight is 463 g/mol. The lowest BCUT2D eigenvalue weighted by molar-refractivity contribution is -0.150. The highest BCUT2D eigenvalue weighted by atomic mass is 16.6. The fourth-order valence-electron chi connectivity index (χ4n) is 3.98. The smallest absolute Gasteiger partial charge is 0.317 e. The van der Waals surface area contributed by atoms with E-state index in [1.807, 2.05) is 29.8 Å². The molecule has 2 aromatic heterocycles. The Bertz CT molecular complexity index is 981. The number of hydrogen-bond donors (Lipinski definition) is 1. The Morgan fingerprint density at radius 1 is 1.36 bits per heavy atom. The molecule has 4 unspecified atom stereocenters. The monoisotopic (exact) mass is 463 g/mol. The lowest BCUT2D eigenvalue weighted by atomic mass is 10.0. The first kappa shape index (κ1) is 24.6. The molecule has 1 amide bonds. The third-order valence-electron chi connectivity index (χ3n) is 5.53.